The fourth-order valence-electron chi connectivity index (χ4n) is 1.36. The smallest absolute Gasteiger partial charge is 0.0361 e. The van der Waals surface area contributed by atoms with E-state index >= 15 is 0 Å². The average molecular weight is 240 g/mol. The van der Waals surface area contributed by atoms with Gasteiger partial charge >= 0.3 is 0 Å². The number of nitrogens with one attached hydrogen (secondary N) is 1. The summed E-state index contributed by atoms with van der Waals surface area (Å²) < 4.78 is 10.8. The second kappa shape index (κ2) is 6.66. The number of nitrogens with zero attached hydrogens (tertiary/aromatic N) is 1. The van der Waals surface area contributed by atoms with Crippen LogP contribution in [0.2, 0.25) is 0 Å². The van der Waals surface area contributed by atoms with E-state index in [1.165, 1.54) is 11.3 Å². The van der Waals surface area contributed by atoms with Gasteiger partial charge in [-0.15, -0.1) is 0 Å². The van der Waals surface area contributed by atoms with Crippen LogP contribution in [0.25, 0.3) is 0 Å². The fourth-order valence-corrected chi connectivity index (χ4v) is 1.79. The molecule has 1 aromatic carbocycles. The van der Waals surface area contributed by atoms with Crippen molar-refractivity contribution in [2.75, 3.05) is 37.5 Å². The van der Waals surface area contributed by atoms with Crippen LogP contribution in [-0.4, -0.2) is 36.9 Å². The monoisotopic (exact) mass is 240 g/mol. The molecule has 0 heterocycles. The molecule has 0 radical (unpaired) electrons. The summed E-state index contributed by atoms with van der Waals surface area (Å²) in [6.45, 7) is 1.64. The van der Waals surface area contributed by atoms with Gasteiger partial charge in [0.05, 0.1) is 0 Å². The Balaban J connectivity index is 2.35. The van der Waals surface area contributed by atoms with Crippen LogP contribution in [0, 0.1) is 0 Å². The minimum Gasteiger partial charge on any atom is -0.378 e. The predicted octanol–water partition coefficient (Wildman–Crippen LogP) is 1.22. The molecule has 1 aromatic rings. The van der Waals surface area contributed by atoms with Gasteiger partial charge in [-0.25, -0.2) is 0 Å². The maximum absolute atomic E-state index is 10.8. The molecule has 0 spiro atoms. The first-order valence-electron chi connectivity index (χ1n) is 5.36. The summed E-state index contributed by atoms with van der Waals surface area (Å²) in [5.74, 6) is 0.718. The highest BCUT2D eigenvalue weighted by molar-refractivity contribution is 7.84. The SMILES string of the molecule is CN(C)c1ccc(CNCCS(C)=O)cc1. The van der Waals surface area contributed by atoms with E-state index in [0.717, 1.165) is 18.8 Å². The van der Waals surface area contributed by atoms with Gasteiger partial charge in [-0.2, -0.15) is 0 Å². The lowest BCUT2D eigenvalue weighted by molar-refractivity contribution is 0.676. The molecule has 0 amide bonds. The van der Waals surface area contributed by atoms with E-state index < -0.39 is 10.8 Å². The van der Waals surface area contributed by atoms with Crippen LogP contribution in [-0.2, 0) is 17.3 Å². The van der Waals surface area contributed by atoms with Gasteiger partial charge in [-0.1, -0.05) is 12.1 Å². The van der Waals surface area contributed by atoms with Crippen molar-refractivity contribution in [3.05, 3.63) is 29.8 Å². The van der Waals surface area contributed by atoms with Gasteiger partial charge in [0.25, 0.3) is 0 Å². The highest BCUT2D eigenvalue weighted by Gasteiger charge is 1.96. The van der Waals surface area contributed by atoms with Crippen molar-refractivity contribution >= 4 is 16.5 Å². The number of benzene rings is 1. The Bertz CT molecular complexity index is 335. The van der Waals surface area contributed by atoms with Gasteiger partial charge in [0, 0.05) is 55.7 Å². The van der Waals surface area contributed by atoms with Gasteiger partial charge in [0.1, 0.15) is 0 Å². The van der Waals surface area contributed by atoms with E-state index in [1.807, 2.05) is 14.1 Å². The first-order chi connectivity index (χ1) is 7.59. The molecular formula is C12H20N2OS. The molecule has 0 aliphatic rings. The lowest BCUT2D eigenvalue weighted by atomic mass is 10.2. The summed E-state index contributed by atoms with van der Waals surface area (Å²) in [7, 11) is 3.36. The van der Waals surface area contributed by atoms with Crippen LogP contribution in [0.1, 0.15) is 5.56 Å². The number of hydrogen-bond donors (Lipinski definition) is 1. The molecule has 0 saturated heterocycles. The van der Waals surface area contributed by atoms with Crippen LogP contribution in [0.4, 0.5) is 5.69 Å². The zero-order valence-electron chi connectivity index (χ0n) is 10.2. The van der Waals surface area contributed by atoms with E-state index in [-0.39, 0.29) is 0 Å². The lowest BCUT2D eigenvalue weighted by Crippen LogP contribution is -2.19. The van der Waals surface area contributed by atoms with Crippen molar-refractivity contribution < 1.29 is 4.21 Å². The van der Waals surface area contributed by atoms with E-state index in [0.29, 0.717) is 0 Å². The zero-order valence-corrected chi connectivity index (χ0v) is 11.0. The first kappa shape index (κ1) is 13.2. The molecule has 1 N–H and O–H groups in total. The maximum Gasteiger partial charge on any atom is 0.0361 e. The molecule has 1 atom stereocenters. The molecule has 0 fully saturated rings. The summed E-state index contributed by atoms with van der Waals surface area (Å²) in [5.41, 5.74) is 2.46. The summed E-state index contributed by atoms with van der Waals surface area (Å²) in [6.07, 6.45) is 1.73. The molecule has 1 rings (SSSR count). The van der Waals surface area contributed by atoms with Crippen LogP contribution in [0.15, 0.2) is 24.3 Å². The van der Waals surface area contributed by atoms with Gasteiger partial charge in [-0.3, -0.25) is 4.21 Å². The van der Waals surface area contributed by atoms with Gasteiger partial charge in [-0.05, 0) is 17.7 Å². The van der Waals surface area contributed by atoms with Crippen LogP contribution >= 0.6 is 0 Å². The third kappa shape index (κ3) is 4.77. The Hall–Kier alpha value is -0.870. The van der Waals surface area contributed by atoms with Gasteiger partial charge < -0.3 is 10.2 Å². The molecule has 0 saturated carbocycles. The largest absolute Gasteiger partial charge is 0.378 e. The van der Waals surface area contributed by atoms with Gasteiger partial charge in [0.15, 0.2) is 0 Å². The summed E-state index contributed by atoms with van der Waals surface area (Å²) in [4.78, 5) is 2.08. The Labute approximate surface area is 100 Å². The molecule has 0 aromatic heterocycles. The van der Waals surface area contributed by atoms with Crippen molar-refractivity contribution in [2.24, 2.45) is 0 Å². The van der Waals surface area contributed by atoms with Gasteiger partial charge in [0.2, 0.25) is 0 Å². The molecule has 1 unspecified atom stereocenters. The van der Waals surface area contributed by atoms with E-state index in [4.69, 9.17) is 0 Å². The molecule has 0 aliphatic carbocycles. The fraction of sp³-hybridized carbons (Fsp3) is 0.500. The molecular weight excluding hydrogens is 220 g/mol. The van der Waals surface area contributed by atoms with E-state index in [9.17, 15) is 4.21 Å². The second-order valence-electron chi connectivity index (χ2n) is 4.01. The minimum absolute atomic E-state index is 0.702. The zero-order chi connectivity index (χ0) is 12.0. The first-order valence-corrected chi connectivity index (χ1v) is 7.09. The molecule has 90 valence electrons. The minimum atomic E-state index is -0.702. The normalized spacial score (nSPS) is 12.4. The van der Waals surface area contributed by atoms with Crippen molar-refractivity contribution in [2.45, 2.75) is 6.54 Å². The molecule has 0 bridgehead atoms. The van der Waals surface area contributed by atoms with E-state index in [2.05, 4.69) is 34.5 Å². The summed E-state index contributed by atoms with van der Waals surface area (Å²) in [6, 6.07) is 8.44. The molecule has 0 aliphatic heterocycles. The maximum atomic E-state index is 10.8. The highest BCUT2D eigenvalue weighted by atomic mass is 32.2. The Morgan fingerprint density at radius 1 is 1.25 bits per heavy atom. The average Bonchev–Trinajstić information content (AvgIpc) is 2.25. The Morgan fingerprint density at radius 2 is 1.88 bits per heavy atom. The summed E-state index contributed by atoms with van der Waals surface area (Å²) >= 11 is 0. The standard InChI is InChI=1S/C12H20N2OS/c1-14(2)12-6-4-11(5-7-12)10-13-8-9-16(3)15/h4-7,13H,8-10H2,1-3H3. The molecule has 4 heteroatoms. The third-order valence-corrected chi connectivity index (χ3v) is 3.13. The highest BCUT2D eigenvalue weighted by Crippen LogP contribution is 2.11. The Kier molecular flexibility index (Phi) is 5.49. The van der Waals surface area contributed by atoms with Crippen molar-refractivity contribution in [3.63, 3.8) is 0 Å². The molecule has 16 heavy (non-hydrogen) atoms. The van der Waals surface area contributed by atoms with Crippen LogP contribution in [0.3, 0.4) is 0 Å². The number of anilines is 1. The van der Waals surface area contributed by atoms with E-state index in [1.54, 1.807) is 6.26 Å². The third-order valence-electron chi connectivity index (χ3n) is 2.35. The quantitative estimate of drug-likeness (QED) is 0.759. The second-order valence-corrected chi connectivity index (χ2v) is 5.57. The van der Waals surface area contributed by atoms with Crippen LogP contribution in [0.5, 0.6) is 0 Å². The predicted molar refractivity (Wildman–Crippen MR) is 71.4 cm³/mol. The van der Waals surface area contributed by atoms with Crippen molar-refractivity contribution in [1.29, 1.82) is 0 Å². The van der Waals surface area contributed by atoms with Crippen LogP contribution < -0.4 is 10.2 Å². The molecule has 3 nitrogen and oxygen atoms in total. The number of rotatable bonds is 6. The summed E-state index contributed by atoms with van der Waals surface area (Å²) in [5, 5.41) is 3.28. The van der Waals surface area contributed by atoms with Crippen molar-refractivity contribution in [1.82, 2.24) is 5.32 Å². The topological polar surface area (TPSA) is 32.3 Å². The van der Waals surface area contributed by atoms with Crippen molar-refractivity contribution in [3.8, 4) is 0 Å². The Morgan fingerprint density at radius 3 is 2.38 bits per heavy atom. The number of hydrogen-bond acceptors (Lipinski definition) is 3. The lowest BCUT2D eigenvalue weighted by Gasteiger charge is -2.12.